The number of aromatic nitrogens is 2. The van der Waals surface area contributed by atoms with Crippen LogP contribution >= 0.6 is 0 Å². The molecule has 1 aromatic carbocycles. The highest BCUT2D eigenvalue weighted by Crippen LogP contribution is 2.23. The molecule has 0 saturated carbocycles. The van der Waals surface area contributed by atoms with E-state index >= 15 is 0 Å². The summed E-state index contributed by atoms with van der Waals surface area (Å²) in [5.41, 5.74) is 1.65. The van der Waals surface area contributed by atoms with Crippen molar-refractivity contribution >= 4 is 11.7 Å². The second-order valence-electron chi connectivity index (χ2n) is 4.06. The van der Waals surface area contributed by atoms with Gasteiger partial charge in [-0.05, 0) is 25.1 Å². The molecular weight excluding hydrogens is 262 g/mol. The number of rotatable bonds is 4. The van der Waals surface area contributed by atoms with Crippen molar-refractivity contribution in [2.75, 3.05) is 6.61 Å². The normalized spacial score (nSPS) is 10.3. The van der Waals surface area contributed by atoms with Crippen LogP contribution in [0.15, 0.2) is 30.3 Å². The third-order valence-corrected chi connectivity index (χ3v) is 2.74. The van der Waals surface area contributed by atoms with Gasteiger partial charge in [0.1, 0.15) is 0 Å². The highest BCUT2D eigenvalue weighted by molar-refractivity contribution is 5.88. The van der Waals surface area contributed by atoms with Crippen LogP contribution in [0.1, 0.15) is 17.4 Å². The average Bonchev–Trinajstić information content (AvgIpc) is 2.81. The van der Waals surface area contributed by atoms with Crippen LogP contribution in [0.2, 0.25) is 0 Å². The molecule has 0 aliphatic heterocycles. The molecule has 2 aromatic rings. The number of nitro groups is 1. The summed E-state index contributed by atoms with van der Waals surface area (Å²) in [6.45, 7) is 2.00. The molecular formula is C13H13N3O4. The van der Waals surface area contributed by atoms with Crippen molar-refractivity contribution in [3.63, 3.8) is 0 Å². The molecule has 0 aliphatic carbocycles. The SMILES string of the molecule is CCOC(=O)c1cc(-c2ccc([N+](=O)[O-])cc2)n(C)n1. The Balaban J connectivity index is 2.33. The zero-order valence-corrected chi connectivity index (χ0v) is 11.1. The number of hydrogen-bond donors (Lipinski definition) is 0. The summed E-state index contributed by atoms with van der Waals surface area (Å²) in [4.78, 5) is 21.7. The van der Waals surface area contributed by atoms with Crippen LogP contribution in [0.3, 0.4) is 0 Å². The van der Waals surface area contributed by atoms with Gasteiger partial charge < -0.3 is 4.74 Å². The van der Waals surface area contributed by atoms with E-state index in [1.807, 2.05) is 0 Å². The van der Waals surface area contributed by atoms with E-state index in [0.29, 0.717) is 5.69 Å². The predicted octanol–water partition coefficient (Wildman–Crippen LogP) is 2.17. The molecule has 1 heterocycles. The Bertz CT molecular complexity index is 646. The first-order valence-corrected chi connectivity index (χ1v) is 5.99. The third-order valence-electron chi connectivity index (χ3n) is 2.74. The van der Waals surface area contributed by atoms with Crippen molar-refractivity contribution in [3.8, 4) is 11.3 Å². The van der Waals surface area contributed by atoms with Gasteiger partial charge in [-0.2, -0.15) is 5.10 Å². The standard InChI is InChI=1S/C13H13N3O4/c1-3-20-13(17)11-8-12(15(2)14-11)9-4-6-10(7-5-9)16(18)19/h4-8H,3H2,1-2H3. The summed E-state index contributed by atoms with van der Waals surface area (Å²) in [7, 11) is 1.69. The molecule has 0 fully saturated rings. The quantitative estimate of drug-likeness (QED) is 0.485. The molecule has 0 amide bonds. The van der Waals surface area contributed by atoms with E-state index < -0.39 is 10.9 Å². The first-order chi connectivity index (χ1) is 9.52. The highest BCUT2D eigenvalue weighted by Gasteiger charge is 2.15. The monoisotopic (exact) mass is 275 g/mol. The van der Waals surface area contributed by atoms with Gasteiger partial charge >= 0.3 is 5.97 Å². The number of ether oxygens (including phenoxy) is 1. The molecule has 7 nitrogen and oxygen atoms in total. The summed E-state index contributed by atoms with van der Waals surface area (Å²) in [6.07, 6.45) is 0. The maximum absolute atomic E-state index is 11.6. The Morgan fingerprint density at radius 2 is 2.05 bits per heavy atom. The van der Waals surface area contributed by atoms with Crippen LogP contribution in [0.4, 0.5) is 5.69 Å². The summed E-state index contributed by atoms with van der Waals surface area (Å²) >= 11 is 0. The summed E-state index contributed by atoms with van der Waals surface area (Å²) in [5.74, 6) is -0.490. The number of nitrogens with zero attached hydrogens (tertiary/aromatic N) is 3. The average molecular weight is 275 g/mol. The fourth-order valence-electron chi connectivity index (χ4n) is 1.80. The van der Waals surface area contributed by atoms with E-state index in [4.69, 9.17) is 4.74 Å². The van der Waals surface area contributed by atoms with Crippen LogP contribution in [0, 0.1) is 10.1 Å². The lowest BCUT2D eigenvalue weighted by molar-refractivity contribution is -0.384. The Labute approximate surface area is 114 Å². The minimum Gasteiger partial charge on any atom is -0.461 e. The zero-order valence-electron chi connectivity index (χ0n) is 11.1. The molecule has 0 spiro atoms. The molecule has 0 unspecified atom stereocenters. The van der Waals surface area contributed by atoms with E-state index in [2.05, 4.69) is 5.10 Å². The molecule has 104 valence electrons. The van der Waals surface area contributed by atoms with Gasteiger partial charge in [0, 0.05) is 24.7 Å². The van der Waals surface area contributed by atoms with Crippen molar-refractivity contribution in [2.24, 2.45) is 7.05 Å². The predicted molar refractivity (Wildman–Crippen MR) is 71.3 cm³/mol. The van der Waals surface area contributed by atoms with Crippen molar-refractivity contribution in [3.05, 3.63) is 46.1 Å². The largest absolute Gasteiger partial charge is 0.461 e. The van der Waals surface area contributed by atoms with Gasteiger partial charge in [-0.15, -0.1) is 0 Å². The number of carbonyl (C=O) groups is 1. The smallest absolute Gasteiger partial charge is 0.358 e. The van der Waals surface area contributed by atoms with E-state index in [9.17, 15) is 14.9 Å². The second-order valence-corrected chi connectivity index (χ2v) is 4.06. The maximum Gasteiger partial charge on any atom is 0.358 e. The fourth-order valence-corrected chi connectivity index (χ4v) is 1.80. The number of benzene rings is 1. The molecule has 0 atom stereocenters. The van der Waals surface area contributed by atoms with Gasteiger partial charge in [-0.25, -0.2) is 4.79 Å². The van der Waals surface area contributed by atoms with Gasteiger partial charge in [-0.3, -0.25) is 14.8 Å². The lowest BCUT2D eigenvalue weighted by atomic mass is 10.1. The van der Waals surface area contributed by atoms with Gasteiger partial charge in [0.25, 0.3) is 5.69 Å². The molecule has 20 heavy (non-hydrogen) atoms. The van der Waals surface area contributed by atoms with Crippen LogP contribution in [0.5, 0.6) is 0 Å². The summed E-state index contributed by atoms with van der Waals surface area (Å²) in [5, 5.41) is 14.7. The van der Waals surface area contributed by atoms with Crippen LogP contribution in [0.25, 0.3) is 11.3 Å². The highest BCUT2D eigenvalue weighted by atomic mass is 16.6. The Morgan fingerprint density at radius 1 is 1.40 bits per heavy atom. The molecule has 0 bridgehead atoms. The van der Waals surface area contributed by atoms with Crippen LogP contribution in [-0.2, 0) is 11.8 Å². The number of esters is 1. The zero-order chi connectivity index (χ0) is 14.7. The first-order valence-electron chi connectivity index (χ1n) is 5.99. The number of aryl methyl sites for hydroxylation is 1. The fraction of sp³-hybridized carbons (Fsp3) is 0.231. The molecule has 0 aliphatic rings. The first kappa shape index (κ1) is 13.7. The van der Waals surface area contributed by atoms with E-state index in [-0.39, 0.29) is 18.0 Å². The second kappa shape index (κ2) is 5.52. The Morgan fingerprint density at radius 3 is 2.60 bits per heavy atom. The molecule has 0 saturated heterocycles. The van der Waals surface area contributed by atoms with Crippen LogP contribution < -0.4 is 0 Å². The summed E-state index contributed by atoms with van der Waals surface area (Å²) in [6, 6.07) is 7.64. The Hall–Kier alpha value is -2.70. The lowest BCUT2D eigenvalue weighted by Crippen LogP contribution is -2.05. The van der Waals surface area contributed by atoms with E-state index in [0.717, 1.165) is 5.56 Å². The van der Waals surface area contributed by atoms with Crippen molar-refractivity contribution in [2.45, 2.75) is 6.92 Å². The van der Waals surface area contributed by atoms with Crippen LogP contribution in [-0.4, -0.2) is 27.3 Å². The maximum atomic E-state index is 11.6. The van der Waals surface area contributed by atoms with Gasteiger partial charge in [0.15, 0.2) is 5.69 Å². The van der Waals surface area contributed by atoms with E-state index in [1.165, 1.54) is 16.8 Å². The summed E-state index contributed by atoms with van der Waals surface area (Å²) < 4.78 is 6.41. The number of non-ortho nitro benzene ring substituents is 1. The molecule has 2 rings (SSSR count). The lowest BCUT2D eigenvalue weighted by Gasteiger charge is -2.00. The van der Waals surface area contributed by atoms with Gasteiger partial charge in [0.2, 0.25) is 0 Å². The number of carbonyl (C=O) groups excluding carboxylic acids is 1. The van der Waals surface area contributed by atoms with Gasteiger partial charge in [-0.1, -0.05) is 0 Å². The minimum atomic E-state index is -0.490. The molecule has 0 N–H and O–H groups in total. The molecule has 0 radical (unpaired) electrons. The number of hydrogen-bond acceptors (Lipinski definition) is 5. The third kappa shape index (κ3) is 2.66. The number of nitro benzene ring substituents is 1. The minimum absolute atomic E-state index is 0.0153. The van der Waals surface area contributed by atoms with Crippen molar-refractivity contribution in [1.82, 2.24) is 9.78 Å². The van der Waals surface area contributed by atoms with Gasteiger partial charge in [0.05, 0.1) is 17.2 Å². The van der Waals surface area contributed by atoms with E-state index in [1.54, 1.807) is 32.2 Å². The molecule has 7 heteroatoms. The molecule has 1 aromatic heterocycles. The topological polar surface area (TPSA) is 87.3 Å². The Kier molecular flexibility index (Phi) is 3.79. The van der Waals surface area contributed by atoms with Crippen molar-refractivity contribution < 1.29 is 14.5 Å². The van der Waals surface area contributed by atoms with Crippen molar-refractivity contribution in [1.29, 1.82) is 0 Å².